The second-order valence-electron chi connectivity index (χ2n) is 7.96. The number of hydrogen-bond donors (Lipinski definition) is 0. The minimum atomic E-state index is 0.736. The maximum absolute atomic E-state index is 6.20. The predicted molar refractivity (Wildman–Crippen MR) is 123 cm³/mol. The number of hydrogen-bond acceptors (Lipinski definition) is 6. The second-order valence-corrected chi connectivity index (χ2v) is 7.96. The molecule has 0 unspecified atom stereocenters. The maximum Gasteiger partial charge on any atom is 0.176 e. The highest BCUT2D eigenvalue weighted by Gasteiger charge is 2.21. The molecule has 6 heteroatoms. The van der Waals surface area contributed by atoms with Gasteiger partial charge in [0.05, 0.1) is 21.3 Å². The van der Waals surface area contributed by atoms with Crippen molar-refractivity contribution in [2.75, 3.05) is 27.9 Å². The number of fused-ring (bicyclic) bond motifs is 2. The molecule has 0 saturated carbocycles. The molecule has 1 aliphatic heterocycles. The van der Waals surface area contributed by atoms with E-state index in [1.54, 1.807) is 27.5 Å². The van der Waals surface area contributed by atoms with E-state index in [9.17, 15) is 0 Å². The summed E-state index contributed by atoms with van der Waals surface area (Å²) in [5, 5.41) is 1.07. The lowest BCUT2D eigenvalue weighted by atomic mass is 9.98. The van der Waals surface area contributed by atoms with E-state index in [0.717, 1.165) is 65.6 Å². The molecule has 0 N–H and O–H groups in total. The van der Waals surface area contributed by atoms with Crippen molar-refractivity contribution < 1.29 is 18.6 Å². The first-order chi connectivity index (χ1) is 15.7. The van der Waals surface area contributed by atoms with Crippen molar-refractivity contribution in [1.82, 2.24) is 9.88 Å². The molecular formula is C26H26N2O4. The van der Waals surface area contributed by atoms with Crippen LogP contribution in [0.25, 0.3) is 22.3 Å². The van der Waals surface area contributed by atoms with Crippen LogP contribution in [-0.4, -0.2) is 37.8 Å². The Morgan fingerprint density at radius 1 is 0.938 bits per heavy atom. The van der Waals surface area contributed by atoms with Crippen LogP contribution in [0.3, 0.4) is 0 Å². The standard InChI is InChI=1S/C26H26N2O4/c1-29-22-7-6-19(21-13-23(32-26(21)22)18-5-4-9-27-14-18)15-28-10-8-17-11-24(30-2)25(31-3)12-20(17)16-28/h4-7,9,11-14H,8,10,15-16H2,1-3H3. The zero-order valence-corrected chi connectivity index (χ0v) is 18.6. The number of methoxy groups -OCH3 is 3. The summed E-state index contributed by atoms with van der Waals surface area (Å²) in [5.41, 5.74) is 5.53. The molecule has 164 valence electrons. The highest BCUT2D eigenvalue weighted by atomic mass is 16.5. The van der Waals surface area contributed by atoms with E-state index in [2.05, 4.69) is 34.1 Å². The zero-order chi connectivity index (χ0) is 22.1. The van der Waals surface area contributed by atoms with E-state index in [1.807, 2.05) is 24.4 Å². The Morgan fingerprint density at radius 3 is 2.44 bits per heavy atom. The van der Waals surface area contributed by atoms with E-state index in [4.69, 9.17) is 18.6 Å². The van der Waals surface area contributed by atoms with Gasteiger partial charge in [0.25, 0.3) is 0 Å². The summed E-state index contributed by atoms with van der Waals surface area (Å²) < 4.78 is 22.7. The summed E-state index contributed by atoms with van der Waals surface area (Å²) in [7, 11) is 5.03. The molecule has 0 saturated heterocycles. The number of rotatable bonds is 6. The van der Waals surface area contributed by atoms with Crippen LogP contribution in [0.1, 0.15) is 16.7 Å². The van der Waals surface area contributed by atoms with E-state index in [-0.39, 0.29) is 0 Å². The van der Waals surface area contributed by atoms with Crippen molar-refractivity contribution in [3.8, 4) is 28.6 Å². The molecule has 0 atom stereocenters. The van der Waals surface area contributed by atoms with Crippen LogP contribution >= 0.6 is 0 Å². The molecule has 32 heavy (non-hydrogen) atoms. The highest BCUT2D eigenvalue weighted by Crippen LogP contribution is 2.37. The van der Waals surface area contributed by atoms with Crippen molar-refractivity contribution in [2.24, 2.45) is 0 Å². The molecule has 0 fully saturated rings. The largest absolute Gasteiger partial charge is 0.493 e. The minimum Gasteiger partial charge on any atom is -0.493 e. The monoisotopic (exact) mass is 430 g/mol. The Kier molecular flexibility index (Phi) is 5.45. The van der Waals surface area contributed by atoms with Gasteiger partial charge in [0, 0.05) is 43.0 Å². The van der Waals surface area contributed by atoms with E-state index < -0.39 is 0 Å². The zero-order valence-electron chi connectivity index (χ0n) is 18.6. The number of benzene rings is 2. The SMILES string of the molecule is COc1cc2c(cc1OC)CN(Cc1ccc(OC)c3oc(-c4cccnc4)cc13)CC2. The Hall–Kier alpha value is -3.51. The molecule has 0 amide bonds. The van der Waals surface area contributed by atoms with Crippen LogP contribution in [0.4, 0.5) is 0 Å². The third-order valence-corrected chi connectivity index (χ3v) is 6.09. The molecule has 2 aromatic heterocycles. The molecule has 2 aromatic carbocycles. The van der Waals surface area contributed by atoms with Gasteiger partial charge in [0.1, 0.15) is 5.76 Å². The first-order valence-corrected chi connectivity index (χ1v) is 10.7. The smallest absolute Gasteiger partial charge is 0.176 e. The van der Waals surface area contributed by atoms with Gasteiger partial charge >= 0.3 is 0 Å². The molecule has 0 spiro atoms. The van der Waals surface area contributed by atoms with Crippen LogP contribution in [0.15, 0.2) is 59.3 Å². The van der Waals surface area contributed by atoms with Crippen molar-refractivity contribution in [2.45, 2.75) is 19.5 Å². The van der Waals surface area contributed by atoms with Crippen molar-refractivity contribution in [3.63, 3.8) is 0 Å². The Morgan fingerprint density at radius 2 is 1.72 bits per heavy atom. The summed E-state index contributed by atoms with van der Waals surface area (Å²) in [5.74, 6) is 3.09. The fraction of sp³-hybridized carbons (Fsp3) is 0.269. The van der Waals surface area contributed by atoms with E-state index >= 15 is 0 Å². The van der Waals surface area contributed by atoms with Crippen LogP contribution in [0, 0.1) is 0 Å². The van der Waals surface area contributed by atoms with Gasteiger partial charge in [0.2, 0.25) is 0 Å². The molecule has 0 aliphatic carbocycles. The first-order valence-electron chi connectivity index (χ1n) is 10.7. The normalized spacial score (nSPS) is 13.7. The molecule has 5 rings (SSSR count). The number of furan rings is 1. The molecule has 0 bridgehead atoms. The first kappa shape index (κ1) is 20.4. The quantitative estimate of drug-likeness (QED) is 0.425. The van der Waals surface area contributed by atoms with Gasteiger partial charge in [-0.3, -0.25) is 9.88 Å². The average Bonchev–Trinajstić information content (AvgIpc) is 3.30. The van der Waals surface area contributed by atoms with Crippen LogP contribution in [-0.2, 0) is 19.5 Å². The van der Waals surface area contributed by atoms with Crippen molar-refractivity contribution in [1.29, 1.82) is 0 Å². The topological polar surface area (TPSA) is 57.0 Å². The summed E-state index contributed by atoms with van der Waals surface area (Å²) in [6, 6.07) is 14.3. The van der Waals surface area contributed by atoms with Gasteiger partial charge in [-0.05, 0) is 59.5 Å². The minimum absolute atomic E-state index is 0.736. The fourth-order valence-corrected chi connectivity index (χ4v) is 4.42. The fourth-order valence-electron chi connectivity index (χ4n) is 4.42. The number of nitrogens with zero attached hydrogens (tertiary/aromatic N) is 2. The molecule has 6 nitrogen and oxygen atoms in total. The summed E-state index contributed by atoms with van der Waals surface area (Å²) >= 11 is 0. The van der Waals surface area contributed by atoms with Gasteiger partial charge in [0.15, 0.2) is 22.8 Å². The van der Waals surface area contributed by atoms with Gasteiger partial charge in [-0.25, -0.2) is 0 Å². The number of pyridine rings is 1. The van der Waals surface area contributed by atoms with Gasteiger partial charge in [-0.1, -0.05) is 6.07 Å². The summed E-state index contributed by atoms with van der Waals surface area (Å²) in [6.07, 6.45) is 4.55. The molecule has 3 heterocycles. The highest BCUT2D eigenvalue weighted by molar-refractivity contribution is 5.90. The number of ether oxygens (including phenoxy) is 3. The third kappa shape index (κ3) is 3.67. The summed E-state index contributed by atoms with van der Waals surface area (Å²) in [6.45, 7) is 2.65. The van der Waals surface area contributed by atoms with Crippen LogP contribution in [0.2, 0.25) is 0 Å². The second kappa shape index (κ2) is 8.55. The number of aromatic nitrogens is 1. The average molecular weight is 431 g/mol. The maximum atomic E-state index is 6.20. The Labute approximate surface area is 187 Å². The van der Waals surface area contributed by atoms with Gasteiger partial charge < -0.3 is 18.6 Å². The predicted octanol–water partition coefficient (Wildman–Crippen LogP) is 5.08. The van der Waals surface area contributed by atoms with Crippen molar-refractivity contribution in [3.05, 3.63) is 71.5 Å². The van der Waals surface area contributed by atoms with E-state index in [0.29, 0.717) is 0 Å². The summed E-state index contributed by atoms with van der Waals surface area (Å²) in [4.78, 5) is 6.67. The molecule has 4 aromatic rings. The van der Waals surface area contributed by atoms with Gasteiger partial charge in [-0.2, -0.15) is 0 Å². The Balaban J connectivity index is 1.46. The third-order valence-electron chi connectivity index (χ3n) is 6.09. The van der Waals surface area contributed by atoms with Crippen LogP contribution in [0.5, 0.6) is 17.2 Å². The van der Waals surface area contributed by atoms with E-state index in [1.165, 1.54) is 16.7 Å². The lowest BCUT2D eigenvalue weighted by molar-refractivity contribution is 0.245. The lowest BCUT2D eigenvalue weighted by Gasteiger charge is -2.29. The molecule has 1 aliphatic rings. The Bertz CT molecular complexity index is 1250. The molecule has 0 radical (unpaired) electrons. The molecular weight excluding hydrogens is 404 g/mol. The van der Waals surface area contributed by atoms with Gasteiger partial charge in [-0.15, -0.1) is 0 Å². The lowest BCUT2D eigenvalue weighted by Crippen LogP contribution is -2.30. The van der Waals surface area contributed by atoms with Crippen LogP contribution < -0.4 is 14.2 Å². The van der Waals surface area contributed by atoms with Crippen molar-refractivity contribution >= 4 is 11.0 Å².